The number of nitrogens with zero attached hydrogens (tertiary/aromatic N) is 1. The fourth-order valence-electron chi connectivity index (χ4n) is 2.14. The van der Waals surface area contributed by atoms with Gasteiger partial charge in [0.05, 0.1) is 12.8 Å². The van der Waals surface area contributed by atoms with Crippen LogP contribution in [0.2, 0.25) is 0 Å². The highest BCUT2D eigenvalue weighted by Crippen LogP contribution is 2.14. The van der Waals surface area contributed by atoms with Crippen molar-refractivity contribution >= 4 is 0 Å². The molecule has 1 N–H and O–H groups in total. The van der Waals surface area contributed by atoms with E-state index in [-0.39, 0.29) is 0 Å². The third kappa shape index (κ3) is 3.08. The molecule has 2 heterocycles. The summed E-state index contributed by atoms with van der Waals surface area (Å²) in [6.07, 6.45) is 5.92. The lowest BCUT2D eigenvalue weighted by molar-refractivity contribution is 0.205. The van der Waals surface area contributed by atoms with Crippen LogP contribution in [0.15, 0.2) is 16.7 Å². The fourth-order valence-corrected chi connectivity index (χ4v) is 2.14. The first-order valence-electron chi connectivity index (χ1n) is 5.82. The van der Waals surface area contributed by atoms with Crippen LogP contribution in [0.1, 0.15) is 30.6 Å². The smallest absolute Gasteiger partial charge is 0.118 e. The molecule has 0 unspecified atom stereocenters. The molecule has 84 valence electrons. The summed E-state index contributed by atoms with van der Waals surface area (Å²) in [6.45, 7) is 4.32. The third-order valence-electron chi connectivity index (χ3n) is 2.92. The average Bonchev–Trinajstić information content (AvgIpc) is 2.68. The number of piperidine rings is 1. The van der Waals surface area contributed by atoms with Crippen LogP contribution < -0.4 is 5.32 Å². The minimum atomic E-state index is 0.892. The van der Waals surface area contributed by atoms with E-state index in [1.165, 1.54) is 37.9 Å². The van der Waals surface area contributed by atoms with E-state index in [0.29, 0.717) is 0 Å². The normalized spacial score (nSPS) is 18.2. The van der Waals surface area contributed by atoms with Crippen LogP contribution >= 0.6 is 0 Å². The van der Waals surface area contributed by atoms with Crippen molar-refractivity contribution in [3.63, 3.8) is 0 Å². The highest BCUT2D eigenvalue weighted by Gasteiger charge is 2.12. The molecule has 0 aliphatic carbocycles. The molecule has 0 bridgehead atoms. The van der Waals surface area contributed by atoms with Crippen LogP contribution in [-0.4, -0.2) is 25.0 Å². The number of likely N-dealkylation sites (tertiary alicyclic amines) is 1. The second-order valence-corrected chi connectivity index (χ2v) is 4.29. The maximum Gasteiger partial charge on any atom is 0.118 e. The van der Waals surface area contributed by atoms with E-state index in [1.807, 2.05) is 13.3 Å². The standard InChI is InChI=1S/C12H20N2O/c1-13-8-11-7-12(15-10-11)9-14-5-3-2-4-6-14/h7,10,13H,2-6,8-9H2,1H3. The molecule has 0 spiro atoms. The molecule has 1 aliphatic rings. The van der Waals surface area contributed by atoms with Crippen LogP contribution in [0.25, 0.3) is 0 Å². The minimum absolute atomic E-state index is 0.892. The largest absolute Gasteiger partial charge is 0.468 e. The summed E-state index contributed by atoms with van der Waals surface area (Å²) < 4.78 is 5.54. The van der Waals surface area contributed by atoms with Gasteiger partial charge in [-0.2, -0.15) is 0 Å². The molecule has 0 aromatic carbocycles. The van der Waals surface area contributed by atoms with Gasteiger partial charge in [0.1, 0.15) is 5.76 Å². The van der Waals surface area contributed by atoms with Gasteiger partial charge in [-0.15, -0.1) is 0 Å². The van der Waals surface area contributed by atoms with Gasteiger partial charge in [-0.25, -0.2) is 0 Å². The second-order valence-electron chi connectivity index (χ2n) is 4.29. The summed E-state index contributed by atoms with van der Waals surface area (Å²) in [6, 6.07) is 2.16. The van der Waals surface area contributed by atoms with Crippen molar-refractivity contribution in [2.75, 3.05) is 20.1 Å². The van der Waals surface area contributed by atoms with Gasteiger partial charge in [-0.1, -0.05) is 6.42 Å². The molecule has 1 aromatic heterocycles. The van der Waals surface area contributed by atoms with Crippen molar-refractivity contribution in [3.05, 3.63) is 23.7 Å². The van der Waals surface area contributed by atoms with Gasteiger partial charge in [-0.05, 0) is 39.0 Å². The van der Waals surface area contributed by atoms with Gasteiger partial charge >= 0.3 is 0 Å². The Hall–Kier alpha value is -0.800. The molecule has 0 radical (unpaired) electrons. The number of hydrogen-bond donors (Lipinski definition) is 1. The second kappa shape index (κ2) is 5.33. The lowest BCUT2D eigenvalue weighted by atomic mass is 10.1. The summed E-state index contributed by atoms with van der Waals surface area (Å²) in [5.41, 5.74) is 1.24. The molecule has 0 saturated carbocycles. The van der Waals surface area contributed by atoms with Crippen molar-refractivity contribution in [1.29, 1.82) is 0 Å². The topological polar surface area (TPSA) is 28.4 Å². The SMILES string of the molecule is CNCc1coc(CN2CCCCC2)c1. The van der Waals surface area contributed by atoms with Gasteiger partial charge in [0, 0.05) is 12.1 Å². The zero-order chi connectivity index (χ0) is 10.5. The van der Waals surface area contributed by atoms with Crippen LogP contribution in [0.5, 0.6) is 0 Å². The molecule has 1 aromatic rings. The monoisotopic (exact) mass is 208 g/mol. The quantitative estimate of drug-likeness (QED) is 0.820. The lowest BCUT2D eigenvalue weighted by Gasteiger charge is -2.25. The van der Waals surface area contributed by atoms with Gasteiger partial charge in [-0.3, -0.25) is 4.90 Å². The first-order chi connectivity index (χ1) is 7.38. The van der Waals surface area contributed by atoms with Crippen molar-refractivity contribution in [1.82, 2.24) is 10.2 Å². The summed E-state index contributed by atoms with van der Waals surface area (Å²) >= 11 is 0. The Morgan fingerprint density at radius 2 is 2.13 bits per heavy atom. The summed E-state index contributed by atoms with van der Waals surface area (Å²) in [4.78, 5) is 2.48. The van der Waals surface area contributed by atoms with Gasteiger partial charge < -0.3 is 9.73 Å². The molecule has 3 nitrogen and oxygen atoms in total. The van der Waals surface area contributed by atoms with Crippen molar-refractivity contribution in [3.8, 4) is 0 Å². The Balaban J connectivity index is 1.86. The third-order valence-corrected chi connectivity index (χ3v) is 2.92. The highest BCUT2D eigenvalue weighted by molar-refractivity contribution is 5.12. The molecule has 1 aliphatic heterocycles. The highest BCUT2D eigenvalue weighted by atomic mass is 16.3. The molecule has 1 fully saturated rings. The summed E-state index contributed by atoms with van der Waals surface area (Å²) in [5, 5.41) is 3.13. The summed E-state index contributed by atoms with van der Waals surface area (Å²) in [5.74, 6) is 1.10. The molecule has 2 rings (SSSR count). The Kier molecular flexibility index (Phi) is 3.80. The van der Waals surface area contributed by atoms with Gasteiger partial charge in [0.15, 0.2) is 0 Å². The molecule has 3 heteroatoms. The van der Waals surface area contributed by atoms with Crippen molar-refractivity contribution in [2.24, 2.45) is 0 Å². The predicted molar refractivity (Wildman–Crippen MR) is 60.6 cm³/mol. The van der Waals surface area contributed by atoms with Crippen LogP contribution in [-0.2, 0) is 13.1 Å². The Labute approximate surface area is 91.4 Å². The van der Waals surface area contributed by atoms with E-state index in [4.69, 9.17) is 4.42 Å². The Bertz CT molecular complexity index is 290. The first kappa shape index (κ1) is 10.7. The van der Waals surface area contributed by atoms with E-state index >= 15 is 0 Å². The van der Waals surface area contributed by atoms with E-state index in [1.54, 1.807) is 0 Å². The van der Waals surface area contributed by atoms with Crippen molar-refractivity contribution in [2.45, 2.75) is 32.4 Å². The predicted octanol–water partition coefficient (Wildman–Crippen LogP) is 1.98. The number of rotatable bonds is 4. The number of nitrogens with one attached hydrogen (secondary N) is 1. The van der Waals surface area contributed by atoms with Crippen LogP contribution in [0, 0.1) is 0 Å². The fraction of sp³-hybridized carbons (Fsp3) is 0.667. The van der Waals surface area contributed by atoms with Gasteiger partial charge in [0.2, 0.25) is 0 Å². The van der Waals surface area contributed by atoms with Gasteiger partial charge in [0.25, 0.3) is 0 Å². The maximum absolute atomic E-state index is 5.54. The van der Waals surface area contributed by atoms with E-state index in [0.717, 1.165) is 18.8 Å². The van der Waals surface area contributed by atoms with Crippen molar-refractivity contribution < 1.29 is 4.42 Å². The Morgan fingerprint density at radius 3 is 2.87 bits per heavy atom. The molecule has 0 atom stereocenters. The zero-order valence-electron chi connectivity index (χ0n) is 9.46. The average molecular weight is 208 g/mol. The van der Waals surface area contributed by atoms with E-state index < -0.39 is 0 Å². The molecule has 15 heavy (non-hydrogen) atoms. The van der Waals surface area contributed by atoms with E-state index in [9.17, 15) is 0 Å². The Morgan fingerprint density at radius 1 is 1.33 bits per heavy atom. The molecular formula is C12H20N2O. The maximum atomic E-state index is 5.54. The molecule has 0 amide bonds. The summed E-state index contributed by atoms with van der Waals surface area (Å²) in [7, 11) is 1.96. The molecule has 1 saturated heterocycles. The minimum Gasteiger partial charge on any atom is -0.468 e. The lowest BCUT2D eigenvalue weighted by Crippen LogP contribution is -2.28. The first-order valence-corrected chi connectivity index (χ1v) is 5.82. The number of furan rings is 1. The van der Waals surface area contributed by atoms with E-state index in [2.05, 4.69) is 16.3 Å². The van der Waals surface area contributed by atoms with Crippen LogP contribution in [0.3, 0.4) is 0 Å². The number of hydrogen-bond acceptors (Lipinski definition) is 3. The van der Waals surface area contributed by atoms with Crippen LogP contribution in [0.4, 0.5) is 0 Å². The molecular weight excluding hydrogens is 188 g/mol. The zero-order valence-corrected chi connectivity index (χ0v) is 9.46.